The van der Waals surface area contributed by atoms with Gasteiger partial charge in [0.05, 0.1) is 24.2 Å². The minimum atomic E-state index is -4.25. The van der Waals surface area contributed by atoms with Crippen LogP contribution in [0.25, 0.3) is 0 Å². The summed E-state index contributed by atoms with van der Waals surface area (Å²) in [5.74, 6) is -1.39. The Hall–Kier alpha value is -3.67. The highest BCUT2D eigenvalue weighted by Gasteiger charge is 2.23. The van der Waals surface area contributed by atoms with Gasteiger partial charge < -0.3 is 19.5 Å². The van der Waals surface area contributed by atoms with Gasteiger partial charge in [-0.15, -0.1) is 0 Å². The van der Waals surface area contributed by atoms with Gasteiger partial charge >= 0.3 is 6.16 Å². The smallest absolute Gasteiger partial charge is 0.488 e. The standard InChI is InChI=1S/C25H31N3O8S/c1-16(2)15-35-21-13-18(14-26-24(21)36-25(31)34-3)23(30)28-37(32,33)20-11-9-17(10-12-20)22(29)27-19-7-5-4-6-8-19/h9-14,16,19H,4-8,15H2,1-3H3,(H,27,29)(H,28,30). The third kappa shape index (κ3) is 7.91. The number of methoxy groups -OCH3 is 1. The molecule has 1 saturated carbocycles. The number of nitrogens with zero attached hydrogens (tertiary/aromatic N) is 1. The molecular weight excluding hydrogens is 502 g/mol. The van der Waals surface area contributed by atoms with Gasteiger partial charge in [0.2, 0.25) is 0 Å². The van der Waals surface area contributed by atoms with E-state index in [0.29, 0.717) is 5.56 Å². The summed E-state index contributed by atoms with van der Waals surface area (Å²) >= 11 is 0. The number of ether oxygens (including phenoxy) is 3. The maximum absolute atomic E-state index is 12.8. The molecule has 0 radical (unpaired) electrons. The topological polar surface area (TPSA) is 150 Å². The summed E-state index contributed by atoms with van der Waals surface area (Å²) in [7, 11) is -3.13. The lowest BCUT2D eigenvalue weighted by molar-refractivity contribution is 0.0925. The van der Waals surface area contributed by atoms with E-state index in [1.807, 2.05) is 18.6 Å². The van der Waals surface area contributed by atoms with Crippen LogP contribution in [0.2, 0.25) is 0 Å². The first-order valence-corrected chi connectivity index (χ1v) is 13.4. The fourth-order valence-corrected chi connectivity index (χ4v) is 4.63. The molecule has 1 aromatic carbocycles. The highest BCUT2D eigenvalue weighted by atomic mass is 32.2. The number of amides is 2. The molecule has 0 atom stereocenters. The van der Waals surface area contributed by atoms with Gasteiger partial charge in [0, 0.05) is 23.9 Å². The number of hydrogen-bond donors (Lipinski definition) is 2. The predicted octanol–water partition coefficient (Wildman–Crippen LogP) is 3.44. The zero-order chi connectivity index (χ0) is 27.0. The summed E-state index contributed by atoms with van der Waals surface area (Å²) in [6.07, 6.45) is 5.19. The first kappa shape index (κ1) is 27.9. The van der Waals surface area contributed by atoms with Crippen molar-refractivity contribution in [2.45, 2.75) is 56.9 Å². The van der Waals surface area contributed by atoms with Gasteiger partial charge in [-0.05, 0) is 43.0 Å². The molecular formula is C25H31N3O8S. The fourth-order valence-electron chi connectivity index (χ4n) is 3.65. The molecule has 0 saturated heterocycles. The molecule has 3 rings (SSSR count). The Labute approximate surface area is 215 Å². The fraction of sp³-hybridized carbons (Fsp3) is 0.440. The number of sulfonamides is 1. The second kappa shape index (κ2) is 12.5. The number of benzene rings is 1. The molecule has 0 unspecified atom stereocenters. The SMILES string of the molecule is COC(=O)Oc1ncc(C(=O)NS(=O)(=O)c2ccc(C(=O)NC3CCCCC3)cc2)cc1OCC(C)C. The first-order valence-electron chi connectivity index (χ1n) is 12.0. The summed E-state index contributed by atoms with van der Waals surface area (Å²) < 4.78 is 42.5. The average molecular weight is 534 g/mol. The molecule has 2 N–H and O–H groups in total. The van der Waals surface area contributed by atoms with Gasteiger partial charge in [0.15, 0.2) is 5.75 Å². The van der Waals surface area contributed by atoms with E-state index < -0.39 is 22.1 Å². The molecule has 0 aliphatic heterocycles. The van der Waals surface area contributed by atoms with Crippen LogP contribution in [0.5, 0.6) is 11.6 Å². The molecule has 1 aliphatic carbocycles. The molecule has 11 nitrogen and oxygen atoms in total. The first-order chi connectivity index (χ1) is 17.6. The van der Waals surface area contributed by atoms with Crippen molar-refractivity contribution < 1.29 is 37.0 Å². The predicted molar refractivity (Wildman–Crippen MR) is 133 cm³/mol. The zero-order valence-electron chi connectivity index (χ0n) is 21.0. The number of pyridine rings is 1. The maximum Gasteiger partial charge on any atom is 0.515 e. The lowest BCUT2D eigenvalue weighted by atomic mass is 9.95. The number of aromatic nitrogens is 1. The summed E-state index contributed by atoms with van der Waals surface area (Å²) in [6.45, 7) is 4.01. The second-order valence-electron chi connectivity index (χ2n) is 9.06. The lowest BCUT2D eigenvalue weighted by Crippen LogP contribution is -2.36. The Balaban J connectivity index is 1.71. The van der Waals surface area contributed by atoms with Gasteiger partial charge in [-0.1, -0.05) is 33.1 Å². The molecule has 37 heavy (non-hydrogen) atoms. The van der Waals surface area contributed by atoms with E-state index in [1.54, 1.807) is 0 Å². The van der Waals surface area contributed by atoms with Gasteiger partial charge in [0.1, 0.15) is 0 Å². The van der Waals surface area contributed by atoms with Crippen molar-refractivity contribution in [3.8, 4) is 11.6 Å². The number of nitrogens with one attached hydrogen (secondary N) is 2. The quantitative estimate of drug-likeness (QED) is 0.462. The lowest BCUT2D eigenvalue weighted by Gasteiger charge is -2.22. The number of rotatable bonds is 9. The van der Waals surface area contributed by atoms with Crippen LogP contribution in [-0.4, -0.2) is 51.1 Å². The van der Waals surface area contributed by atoms with E-state index in [9.17, 15) is 22.8 Å². The zero-order valence-corrected chi connectivity index (χ0v) is 21.8. The van der Waals surface area contributed by atoms with Crippen molar-refractivity contribution in [3.63, 3.8) is 0 Å². The van der Waals surface area contributed by atoms with E-state index in [4.69, 9.17) is 9.47 Å². The highest BCUT2D eigenvalue weighted by molar-refractivity contribution is 7.90. The normalized spacial score (nSPS) is 14.1. The molecule has 1 fully saturated rings. The Morgan fingerprint density at radius 3 is 2.32 bits per heavy atom. The molecule has 2 aromatic rings. The average Bonchev–Trinajstić information content (AvgIpc) is 2.88. The van der Waals surface area contributed by atoms with E-state index in [2.05, 4.69) is 15.0 Å². The highest BCUT2D eigenvalue weighted by Crippen LogP contribution is 2.27. The van der Waals surface area contributed by atoms with Crippen LogP contribution >= 0.6 is 0 Å². The van der Waals surface area contributed by atoms with Crippen LogP contribution in [0.3, 0.4) is 0 Å². The van der Waals surface area contributed by atoms with E-state index in [1.165, 1.54) is 36.8 Å². The molecule has 0 spiro atoms. The Morgan fingerprint density at radius 2 is 1.70 bits per heavy atom. The molecule has 200 valence electrons. The number of hydrogen-bond acceptors (Lipinski definition) is 9. The third-order valence-electron chi connectivity index (χ3n) is 5.59. The van der Waals surface area contributed by atoms with Crippen molar-refractivity contribution >= 4 is 28.0 Å². The van der Waals surface area contributed by atoms with Crippen molar-refractivity contribution in [3.05, 3.63) is 47.7 Å². The van der Waals surface area contributed by atoms with Gasteiger partial charge in [-0.3, -0.25) is 9.59 Å². The van der Waals surface area contributed by atoms with Crippen LogP contribution in [-0.2, 0) is 14.8 Å². The van der Waals surface area contributed by atoms with Crippen molar-refractivity contribution in [1.29, 1.82) is 0 Å². The molecule has 2 amide bonds. The molecule has 0 bridgehead atoms. The number of carbonyl (C=O) groups is 3. The van der Waals surface area contributed by atoms with Crippen LogP contribution in [0, 0.1) is 5.92 Å². The minimum Gasteiger partial charge on any atom is -0.488 e. The van der Waals surface area contributed by atoms with Crippen LogP contribution in [0.4, 0.5) is 4.79 Å². The largest absolute Gasteiger partial charge is 0.515 e. The van der Waals surface area contributed by atoms with Gasteiger partial charge in [0.25, 0.3) is 27.7 Å². The molecule has 1 aromatic heterocycles. The number of carbonyl (C=O) groups excluding carboxylic acids is 3. The van der Waals surface area contributed by atoms with Crippen molar-refractivity contribution in [2.75, 3.05) is 13.7 Å². The van der Waals surface area contributed by atoms with Gasteiger partial charge in [-0.2, -0.15) is 0 Å². The summed E-state index contributed by atoms with van der Waals surface area (Å²) in [5.41, 5.74) is 0.191. The van der Waals surface area contributed by atoms with E-state index >= 15 is 0 Å². The van der Waals surface area contributed by atoms with Gasteiger partial charge in [-0.25, -0.2) is 22.9 Å². The van der Waals surface area contributed by atoms with Crippen molar-refractivity contribution in [2.24, 2.45) is 5.92 Å². The third-order valence-corrected chi connectivity index (χ3v) is 6.94. The Morgan fingerprint density at radius 1 is 1.03 bits per heavy atom. The minimum absolute atomic E-state index is 0.0301. The van der Waals surface area contributed by atoms with E-state index in [-0.39, 0.29) is 46.6 Å². The van der Waals surface area contributed by atoms with Crippen LogP contribution < -0.4 is 19.5 Å². The molecule has 12 heteroatoms. The molecule has 1 heterocycles. The van der Waals surface area contributed by atoms with Crippen molar-refractivity contribution in [1.82, 2.24) is 15.0 Å². The van der Waals surface area contributed by atoms with Crippen LogP contribution in [0.15, 0.2) is 41.4 Å². The second-order valence-corrected chi connectivity index (χ2v) is 10.7. The van der Waals surface area contributed by atoms with Crippen LogP contribution in [0.1, 0.15) is 66.7 Å². The monoisotopic (exact) mass is 533 g/mol. The summed E-state index contributed by atoms with van der Waals surface area (Å²) in [4.78, 5) is 40.4. The summed E-state index contributed by atoms with van der Waals surface area (Å²) in [5, 5.41) is 2.97. The van der Waals surface area contributed by atoms with E-state index in [0.717, 1.165) is 39.0 Å². The Bertz CT molecular complexity index is 1220. The molecule has 1 aliphatic rings. The summed E-state index contributed by atoms with van der Waals surface area (Å²) in [6, 6.07) is 6.65. The maximum atomic E-state index is 12.8. The Kier molecular flexibility index (Phi) is 9.45.